The van der Waals surface area contributed by atoms with Crippen molar-refractivity contribution in [2.75, 3.05) is 0 Å². The van der Waals surface area contributed by atoms with Gasteiger partial charge in [-0.15, -0.1) is 0 Å². The molecule has 0 atom stereocenters. The summed E-state index contributed by atoms with van der Waals surface area (Å²) in [5.41, 5.74) is 4.76. The number of aromatic nitrogens is 2. The van der Waals surface area contributed by atoms with Crippen LogP contribution in [0, 0.1) is 6.92 Å². The Hall–Kier alpha value is -3.42. The summed E-state index contributed by atoms with van der Waals surface area (Å²) in [7, 11) is 0. The second-order valence-corrected chi connectivity index (χ2v) is 6.04. The van der Waals surface area contributed by atoms with Crippen LogP contribution >= 0.6 is 0 Å². The molecule has 3 aromatic rings. The number of nitrogens with zero attached hydrogens (tertiary/aromatic N) is 2. The third-order valence-electron chi connectivity index (χ3n) is 3.93. The summed E-state index contributed by atoms with van der Waals surface area (Å²) in [6.07, 6.45) is 1.39. The number of carbonyl (C=O) groups is 2. The number of carbonyl (C=O) groups excluding carboxylic acids is 2. The van der Waals surface area contributed by atoms with E-state index in [0.717, 1.165) is 0 Å². The van der Waals surface area contributed by atoms with Gasteiger partial charge in [0.15, 0.2) is 5.69 Å². The highest BCUT2D eigenvalue weighted by Gasteiger charge is 2.19. The lowest BCUT2D eigenvalue weighted by atomic mass is 10.1. The predicted molar refractivity (Wildman–Crippen MR) is 94.8 cm³/mol. The van der Waals surface area contributed by atoms with Crippen molar-refractivity contribution < 1.29 is 14.0 Å². The van der Waals surface area contributed by atoms with Gasteiger partial charge < -0.3 is 4.42 Å². The summed E-state index contributed by atoms with van der Waals surface area (Å²) in [5, 5.41) is 4.99. The van der Waals surface area contributed by atoms with E-state index in [4.69, 9.17) is 4.42 Å². The Kier molecular flexibility index (Phi) is 4.57. The molecule has 8 heteroatoms. The number of fused-ring (bicyclic) bond motifs is 1. The van der Waals surface area contributed by atoms with Gasteiger partial charge in [0.25, 0.3) is 17.4 Å². The topological polar surface area (TPSA) is 106 Å². The average molecular weight is 354 g/mol. The second-order valence-electron chi connectivity index (χ2n) is 6.04. The summed E-state index contributed by atoms with van der Waals surface area (Å²) < 4.78 is 6.32. The monoisotopic (exact) mass is 354 g/mol. The van der Waals surface area contributed by atoms with E-state index in [-0.39, 0.29) is 17.3 Å². The minimum atomic E-state index is -0.620. The molecular weight excluding hydrogens is 336 g/mol. The van der Waals surface area contributed by atoms with Crippen molar-refractivity contribution in [3.63, 3.8) is 0 Å². The molecule has 0 saturated heterocycles. The molecule has 3 rings (SSSR count). The van der Waals surface area contributed by atoms with Gasteiger partial charge in [0.1, 0.15) is 5.76 Å². The summed E-state index contributed by atoms with van der Waals surface area (Å²) in [5.74, 6) is -0.690. The van der Waals surface area contributed by atoms with Crippen LogP contribution in [0.2, 0.25) is 0 Å². The summed E-state index contributed by atoms with van der Waals surface area (Å²) >= 11 is 0. The molecule has 0 aliphatic rings. The van der Waals surface area contributed by atoms with E-state index < -0.39 is 11.8 Å². The van der Waals surface area contributed by atoms with Crippen LogP contribution in [0.1, 0.15) is 46.5 Å². The first-order chi connectivity index (χ1) is 12.4. The summed E-state index contributed by atoms with van der Waals surface area (Å²) in [4.78, 5) is 37.2. The van der Waals surface area contributed by atoms with E-state index in [2.05, 4.69) is 16.0 Å². The van der Waals surface area contributed by atoms with Crippen LogP contribution in [0.4, 0.5) is 0 Å². The molecule has 0 aliphatic carbocycles. The lowest BCUT2D eigenvalue weighted by molar-refractivity contribution is 0.0842. The van der Waals surface area contributed by atoms with Gasteiger partial charge >= 0.3 is 0 Å². The predicted octanol–water partition coefficient (Wildman–Crippen LogP) is 1.95. The molecule has 2 amide bonds. The summed E-state index contributed by atoms with van der Waals surface area (Å²) in [6.45, 7) is 5.24. The standard InChI is InChI=1S/C18H18N4O4/c1-10(2)22-18(25)14-7-5-4-6-13(14)15(21-22)17(24)20-19-16(23)12-8-9-26-11(12)3/h4-10H,1-3H3,(H,19,23)(H,20,24). The van der Waals surface area contributed by atoms with Gasteiger partial charge in [-0.1, -0.05) is 18.2 Å². The van der Waals surface area contributed by atoms with Gasteiger partial charge in [0.2, 0.25) is 0 Å². The minimum Gasteiger partial charge on any atom is -0.469 e. The van der Waals surface area contributed by atoms with Crippen molar-refractivity contribution in [1.29, 1.82) is 0 Å². The zero-order valence-corrected chi connectivity index (χ0v) is 14.6. The van der Waals surface area contributed by atoms with Crippen molar-refractivity contribution >= 4 is 22.6 Å². The van der Waals surface area contributed by atoms with E-state index in [0.29, 0.717) is 22.1 Å². The molecule has 134 valence electrons. The van der Waals surface area contributed by atoms with E-state index in [1.807, 2.05) is 0 Å². The number of hydrogen-bond donors (Lipinski definition) is 2. The highest BCUT2D eigenvalue weighted by molar-refractivity contribution is 6.06. The van der Waals surface area contributed by atoms with Gasteiger partial charge in [-0.2, -0.15) is 5.10 Å². The Morgan fingerprint density at radius 3 is 2.35 bits per heavy atom. The maximum atomic E-state index is 12.6. The van der Waals surface area contributed by atoms with Crippen LogP contribution in [-0.2, 0) is 0 Å². The Morgan fingerprint density at radius 2 is 1.73 bits per heavy atom. The van der Waals surface area contributed by atoms with Crippen molar-refractivity contribution in [3.05, 3.63) is 64.0 Å². The molecule has 8 nitrogen and oxygen atoms in total. The van der Waals surface area contributed by atoms with E-state index >= 15 is 0 Å². The average Bonchev–Trinajstić information content (AvgIpc) is 3.05. The fourth-order valence-electron chi connectivity index (χ4n) is 2.58. The lowest BCUT2D eigenvalue weighted by Gasteiger charge is -2.13. The number of benzene rings is 1. The number of hydrogen-bond acceptors (Lipinski definition) is 5. The van der Waals surface area contributed by atoms with Crippen LogP contribution in [-0.4, -0.2) is 21.6 Å². The Balaban J connectivity index is 1.93. The van der Waals surface area contributed by atoms with Crippen molar-refractivity contribution in [2.24, 2.45) is 0 Å². The quantitative estimate of drug-likeness (QED) is 0.699. The zero-order chi connectivity index (χ0) is 18.8. The number of amides is 2. The van der Waals surface area contributed by atoms with Gasteiger partial charge in [-0.25, -0.2) is 4.68 Å². The molecule has 2 aromatic heterocycles. The fraction of sp³-hybridized carbons (Fsp3) is 0.222. The molecule has 0 aliphatic heterocycles. The largest absolute Gasteiger partial charge is 0.469 e. The Bertz CT molecular complexity index is 1050. The molecule has 0 fully saturated rings. The lowest BCUT2D eigenvalue weighted by Crippen LogP contribution is -2.43. The van der Waals surface area contributed by atoms with Crippen LogP contribution in [0.25, 0.3) is 10.8 Å². The molecule has 0 bridgehead atoms. The number of furan rings is 1. The third kappa shape index (κ3) is 3.08. The van der Waals surface area contributed by atoms with Crippen LogP contribution in [0.5, 0.6) is 0 Å². The molecule has 0 spiro atoms. The first kappa shape index (κ1) is 17.4. The van der Waals surface area contributed by atoms with Gasteiger partial charge in [-0.3, -0.25) is 25.2 Å². The van der Waals surface area contributed by atoms with Crippen LogP contribution in [0.15, 0.2) is 45.8 Å². The highest BCUT2D eigenvalue weighted by Crippen LogP contribution is 2.14. The Morgan fingerprint density at radius 1 is 1.08 bits per heavy atom. The van der Waals surface area contributed by atoms with E-state index in [9.17, 15) is 14.4 Å². The minimum absolute atomic E-state index is 0.0538. The first-order valence-electron chi connectivity index (χ1n) is 8.06. The molecule has 0 saturated carbocycles. The number of aryl methyl sites for hydroxylation is 1. The van der Waals surface area contributed by atoms with Crippen molar-refractivity contribution in [1.82, 2.24) is 20.6 Å². The maximum absolute atomic E-state index is 12.6. The van der Waals surface area contributed by atoms with Crippen molar-refractivity contribution in [2.45, 2.75) is 26.8 Å². The highest BCUT2D eigenvalue weighted by atomic mass is 16.3. The molecular formula is C18H18N4O4. The Labute approximate surface area is 148 Å². The molecule has 2 N–H and O–H groups in total. The van der Waals surface area contributed by atoms with Crippen molar-refractivity contribution in [3.8, 4) is 0 Å². The molecule has 0 unspecified atom stereocenters. The number of rotatable bonds is 3. The van der Waals surface area contributed by atoms with E-state index in [1.54, 1.807) is 45.0 Å². The van der Waals surface area contributed by atoms with Gasteiger partial charge in [0.05, 0.1) is 23.3 Å². The van der Waals surface area contributed by atoms with Crippen LogP contribution in [0.3, 0.4) is 0 Å². The zero-order valence-electron chi connectivity index (χ0n) is 14.6. The molecule has 26 heavy (non-hydrogen) atoms. The van der Waals surface area contributed by atoms with Gasteiger partial charge in [0, 0.05) is 5.39 Å². The van der Waals surface area contributed by atoms with Gasteiger partial charge in [-0.05, 0) is 32.9 Å². The summed E-state index contributed by atoms with van der Waals surface area (Å²) in [6, 6.07) is 8.01. The maximum Gasteiger partial charge on any atom is 0.290 e. The molecule has 1 aromatic carbocycles. The SMILES string of the molecule is Cc1occc1C(=O)NNC(=O)c1nn(C(C)C)c(=O)c2ccccc12. The van der Waals surface area contributed by atoms with E-state index in [1.165, 1.54) is 17.0 Å². The smallest absolute Gasteiger partial charge is 0.290 e. The first-order valence-corrected chi connectivity index (χ1v) is 8.06. The second kappa shape index (κ2) is 6.83. The molecule has 0 radical (unpaired) electrons. The number of nitrogens with one attached hydrogen (secondary N) is 2. The fourth-order valence-corrected chi connectivity index (χ4v) is 2.58. The molecule has 2 heterocycles. The number of hydrazine groups is 1. The van der Waals surface area contributed by atoms with Crippen LogP contribution < -0.4 is 16.4 Å². The normalized spacial score (nSPS) is 10.9. The third-order valence-corrected chi connectivity index (χ3v) is 3.93.